The number of aromatic nitrogens is 1. The molecule has 0 N–H and O–H groups in total. The lowest BCUT2D eigenvalue weighted by Gasteiger charge is -2.40. The van der Waals surface area contributed by atoms with Crippen molar-refractivity contribution in [1.29, 1.82) is 0 Å². The smallest absolute Gasteiger partial charge is 0.261 e. The van der Waals surface area contributed by atoms with E-state index in [-0.39, 0.29) is 18.4 Å². The van der Waals surface area contributed by atoms with Crippen LogP contribution in [0.1, 0.15) is 20.7 Å². The molecule has 2 saturated heterocycles. The van der Waals surface area contributed by atoms with Crippen molar-refractivity contribution < 1.29 is 19.1 Å². The van der Waals surface area contributed by atoms with Gasteiger partial charge < -0.3 is 14.4 Å². The van der Waals surface area contributed by atoms with Crippen LogP contribution < -0.4 is 4.90 Å². The van der Waals surface area contributed by atoms with Crippen LogP contribution in [-0.4, -0.2) is 84.3 Å². The molecule has 2 aromatic carbocycles. The molecule has 0 bridgehead atoms. The lowest BCUT2D eigenvalue weighted by molar-refractivity contribution is -0.175. The Morgan fingerprint density at radius 2 is 1.48 bits per heavy atom. The first-order valence-corrected chi connectivity index (χ1v) is 12.0. The third-order valence-electron chi connectivity index (χ3n) is 6.59. The van der Waals surface area contributed by atoms with Gasteiger partial charge in [-0.2, -0.15) is 4.37 Å². The standard InChI is InChI=1S/C24H24N4O4S/c29-22-17-5-1-2-6-18(17)23(30)28(22)16-24(31-13-14-32-24)15-26-9-11-27(12-10-26)21-19-7-3-4-8-20(19)33-25-21/h1-8H,9-16H2. The first-order valence-electron chi connectivity index (χ1n) is 11.2. The average molecular weight is 465 g/mol. The van der Waals surface area contributed by atoms with Gasteiger partial charge in [0, 0.05) is 31.6 Å². The molecule has 0 saturated carbocycles. The Bertz CT molecular complexity index is 1180. The van der Waals surface area contributed by atoms with Crippen molar-refractivity contribution in [1.82, 2.24) is 14.2 Å². The predicted octanol–water partition coefficient (Wildman–Crippen LogP) is 2.46. The summed E-state index contributed by atoms with van der Waals surface area (Å²) in [5, 5.41) is 1.19. The van der Waals surface area contributed by atoms with E-state index < -0.39 is 5.79 Å². The second-order valence-electron chi connectivity index (χ2n) is 8.62. The maximum atomic E-state index is 12.9. The van der Waals surface area contributed by atoms with Crippen LogP contribution in [0.25, 0.3) is 10.1 Å². The van der Waals surface area contributed by atoms with Crippen LogP contribution in [0.15, 0.2) is 48.5 Å². The van der Waals surface area contributed by atoms with Crippen LogP contribution in [-0.2, 0) is 9.47 Å². The van der Waals surface area contributed by atoms with E-state index in [2.05, 4.69) is 26.3 Å². The number of hydrogen-bond acceptors (Lipinski definition) is 8. The summed E-state index contributed by atoms with van der Waals surface area (Å²) in [6, 6.07) is 15.3. The average Bonchev–Trinajstić information content (AvgIpc) is 3.55. The molecule has 8 nitrogen and oxygen atoms in total. The van der Waals surface area contributed by atoms with Gasteiger partial charge in [-0.05, 0) is 35.8 Å². The third kappa shape index (κ3) is 3.61. The molecule has 1 aromatic heterocycles. The lowest BCUT2D eigenvalue weighted by atomic mass is 10.1. The van der Waals surface area contributed by atoms with Gasteiger partial charge in [0.1, 0.15) is 5.82 Å². The van der Waals surface area contributed by atoms with Crippen LogP contribution >= 0.6 is 11.5 Å². The summed E-state index contributed by atoms with van der Waals surface area (Å²) in [4.78, 5) is 31.6. The van der Waals surface area contributed by atoms with Crippen LogP contribution in [0.3, 0.4) is 0 Å². The number of benzene rings is 2. The molecule has 0 aliphatic carbocycles. The van der Waals surface area contributed by atoms with E-state index in [0.717, 1.165) is 32.0 Å². The van der Waals surface area contributed by atoms with Crippen LogP contribution in [0.5, 0.6) is 0 Å². The molecule has 33 heavy (non-hydrogen) atoms. The predicted molar refractivity (Wildman–Crippen MR) is 125 cm³/mol. The summed E-state index contributed by atoms with van der Waals surface area (Å²) in [5.41, 5.74) is 0.888. The Kier molecular flexibility index (Phi) is 5.14. The molecular weight excluding hydrogens is 440 g/mol. The number of fused-ring (bicyclic) bond motifs is 2. The second kappa shape index (κ2) is 8.18. The van der Waals surface area contributed by atoms with Crippen molar-refractivity contribution in [3.8, 4) is 0 Å². The number of imide groups is 1. The van der Waals surface area contributed by atoms with Gasteiger partial charge in [-0.15, -0.1) is 0 Å². The largest absolute Gasteiger partial charge is 0.353 e. The summed E-state index contributed by atoms with van der Waals surface area (Å²) in [5.74, 6) is -0.518. The van der Waals surface area contributed by atoms with E-state index in [1.807, 2.05) is 12.1 Å². The maximum absolute atomic E-state index is 12.9. The number of rotatable bonds is 5. The highest BCUT2D eigenvalue weighted by atomic mass is 32.1. The minimum atomic E-state index is -0.997. The Morgan fingerprint density at radius 1 is 0.848 bits per heavy atom. The van der Waals surface area contributed by atoms with Crippen LogP contribution in [0.2, 0.25) is 0 Å². The Morgan fingerprint density at radius 3 is 2.18 bits per heavy atom. The van der Waals surface area contributed by atoms with Gasteiger partial charge in [0.15, 0.2) is 5.79 Å². The number of anilines is 1. The van der Waals surface area contributed by atoms with E-state index in [9.17, 15) is 9.59 Å². The van der Waals surface area contributed by atoms with E-state index in [0.29, 0.717) is 30.9 Å². The molecule has 0 radical (unpaired) electrons. The first-order chi connectivity index (χ1) is 16.1. The summed E-state index contributed by atoms with van der Waals surface area (Å²) < 4.78 is 17.9. The fraction of sp³-hybridized carbons (Fsp3) is 0.375. The number of amides is 2. The van der Waals surface area contributed by atoms with Crippen molar-refractivity contribution in [2.24, 2.45) is 0 Å². The van der Waals surface area contributed by atoms with Gasteiger partial charge in [0.05, 0.1) is 42.1 Å². The SMILES string of the molecule is O=C1c2ccccc2C(=O)N1CC1(CN2CCN(c3nsc4ccccc34)CC2)OCCO1. The molecule has 0 atom stereocenters. The van der Waals surface area contributed by atoms with E-state index >= 15 is 0 Å². The quantitative estimate of drug-likeness (QED) is 0.537. The first kappa shape index (κ1) is 20.7. The number of carbonyl (C=O) groups is 2. The van der Waals surface area contributed by atoms with Gasteiger partial charge >= 0.3 is 0 Å². The molecule has 3 aliphatic rings. The summed E-state index contributed by atoms with van der Waals surface area (Å²) in [6.07, 6.45) is 0. The summed E-state index contributed by atoms with van der Waals surface area (Å²) in [7, 11) is 0. The molecule has 0 unspecified atom stereocenters. The molecule has 9 heteroatoms. The highest BCUT2D eigenvalue weighted by Gasteiger charge is 2.46. The van der Waals surface area contributed by atoms with Gasteiger partial charge in [-0.3, -0.25) is 19.4 Å². The second-order valence-corrected chi connectivity index (χ2v) is 9.42. The molecule has 3 aromatic rings. The monoisotopic (exact) mass is 464 g/mol. The van der Waals surface area contributed by atoms with E-state index in [4.69, 9.17) is 9.47 Å². The summed E-state index contributed by atoms with van der Waals surface area (Å²) >= 11 is 1.53. The van der Waals surface area contributed by atoms with Gasteiger partial charge in [-0.1, -0.05) is 24.3 Å². The molecule has 6 rings (SSSR count). The molecule has 2 fully saturated rings. The van der Waals surface area contributed by atoms with Crippen LogP contribution in [0.4, 0.5) is 5.82 Å². The number of carbonyl (C=O) groups excluding carboxylic acids is 2. The minimum absolute atomic E-state index is 0.0935. The summed E-state index contributed by atoms with van der Waals surface area (Å²) in [6.45, 7) is 4.84. The number of piperazine rings is 1. The zero-order valence-electron chi connectivity index (χ0n) is 18.1. The number of hydrogen-bond donors (Lipinski definition) is 0. The topological polar surface area (TPSA) is 75.2 Å². The highest BCUT2D eigenvalue weighted by molar-refractivity contribution is 7.13. The minimum Gasteiger partial charge on any atom is -0.353 e. The van der Waals surface area contributed by atoms with Crippen molar-refractivity contribution in [2.75, 3.05) is 57.4 Å². The fourth-order valence-corrected chi connectivity index (χ4v) is 5.71. The van der Waals surface area contributed by atoms with Gasteiger partial charge in [0.25, 0.3) is 11.8 Å². The molecule has 4 heterocycles. The number of ether oxygens (including phenoxy) is 2. The van der Waals surface area contributed by atoms with E-state index in [1.165, 1.54) is 26.5 Å². The maximum Gasteiger partial charge on any atom is 0.261 e. The molecular formula is C24H24N4O4S. The third-order valence-corrected chi connectivity index (χ3v) is 7.40. The van der Waals surface area contributed by atoms with Crippen LogP contribution in [0, 0.1) is 0 Å². The molecule has 170 valence electrons. The van der Waals surface area contributed by atoms with Crippen molar-refractivity contribution >= 4 is 39.3 Å². The van der Waals surface area contributed by atoms with Crippen molar-refractivity contribution in [3.63, 3.8) is 0 Å². The van der Waals surface area contributed by atoms with Crippen molar-refractivity contribution in [2.45, 2.75) is 5.79 Å². The number of nitrogens with zero attached hydrogens (tertiary/aromatic N) is 4. The normalized spacial score (nSPS) is 20.7. The zero-order chi connectivity index (χ0) is 22.4. The molecule has 2 amide bonds. The Labute approximate surface area is 195 Å². The van der Waals surface area contributed by atoms with Gasteiger partial charge in [0.2, 0.25) is 0 Å². The highest BCUT2D eigenvalue weighted by Crippen LogP contribution is 2.31. The Balaban J connectivity index is 1.14. The molecule has 0 spiro atoms. The lowest BCUT2D eigenvalue weighted by Crippen LogP contribution is -2.56. The molecule has 3 aliphatic heterocycles. The van der Waals surface area contributed by atoms with Gasteiger partial charge in [-0.25, -0.2) is 0 Å². The Hall–Kier alpha value is -2.85. The fourth-order valence-electron chi connectivity index (χ4n) is 4.91. The zero-order valence-corrected chi connectivity index (χ0v) is 18.9. The van der Waals surface area contributed by atoms with E-state index in [1.54, 1.807) is 24.3 Å². The van der Waals surface area contributed by atoms with Crippen molar-refractivity contribution in [3.05, 3.63) is 59.7 Å².